The molecule has 0 saturated heterocycles. The maximum absolute atomic E-state index is 11.6. The summed E-state index contributed by atoms with van der Waals surface area (Å²) in [4.78, 5) is 24.6. The van der Waals surface area contributed by atoms with Crippen LogP contribution in [0.3, 0.4) is 0 Å². The number of carbonyl (C=O) groups is 1. The number of nitrogens with zero attached hydrogens (tertiary/aromatic N) is 3. The van der Waals surface area contributed by atoms with Crippen molar-refractivity contribution in [1.29, 1.82) is 0 Å². The summed E-state index contributed by atoms with van der Waals surface area (Å²) in [7, 11) is 0. The second-order valence-corrected chi connectivity index (χ2v) is 6.01. The van der Waals surface area contributed by atoms with Crippen LogP contribution in [-0.4, -0.2) is 27.1 Å². The Morgan fingerprint density at radius 3 is 2.82 bits per heavy atom. The van der Waals surface area contributed by atoms with E-state index in [9.17, 15) is 4.79 Å². The number of amidine groups is 1. The largest absolute Gasteiger partial charge is 0.489 e. The second kappa shape index (κ2) is 5.76. The molecule has 7 heteroatoms. The van der Waals surface area contributed by atoms with Crippen LogP contribution < -0.4 is 10.5 Å². The highest BCUT2D eigenvalue weighted by atomic mass is 32.2. The van der Waals surface area contributed by atoms with Crippen LogP contribution in [-0.2, 0) is 4.79 Å². The van der Waals surface area contributed by atoms with Crippen LogP contribution in [0.15, 0.2) is 34.3 Å². The lowest BCUT2D eigenvalue weighted by Gasteiger charge is -2.11. The molecule has 0 aromatic carbocycles. The third-order valence-electron chi connectivity index (χ3n) is 2.85. The molecule has 1 aliphatic rings. The molecule has 6 nitrogen and oxygen atoms in total. The fourth-order valence-electron chi connectivity index (χ4n) is 2.01. The molecule has 0 bridgehead atoms. The van der Waals surface area contributed by atoms with E-state index < -0.39 is 0 Å². The van der Waals surface area contributed by atoms with Gasteiger partial charge in [-0.15, -0.1) is 0 Å². The second-order valence-electron chi connectivity index (χ2n) is 4.95. The fraction of sp³-hybridized carbons (Fsp3) is 0.200. The van der Waals surface area contributed by atoms with Crippen LogP contribution in [0.1, 0.15) is 19.5 Å². The van der Waals surface area contributed by atoms with Gasteiger partial charge in [-0.2, -0.15) is 4.99 Å². The van der Waals surface area contributed by atoms with Gasteiger partial charge in [0.15, 0.2) is 5.17 Å². The first-order valence-corrected chi connectivity index (χ1v) is 7.55. The summed E-state index contributed by atoms with van der Waals surface area (Å²) >= 11 is 1.14. The molecule has 1 amide bonds. The van der Waals surface area contributed by atoms with E-state index in [1.165, 1.54) is 0 Å². The van der Waals surface area contributed by atoms with Gasteiger partial charge in [0.05, 0.1) is 22.2 Å². The molecule has 0 fully saturated rings. The Bertz CT molecular complexity index is 814. The van der Waals surface area contributed by atoms with Crippen molar-refractivity contribution in [3.63, 3.8) is 0 Å². The Kier molecular flexibility index (Phi) is 3.81. The third-order valence-corrected chi connectivity index (χ3v) is 3.66. The lowest BCUT2D eigenvalue weighted by Crippen LogP contribution is -2.06. The van der Waals surface area contributed by atoms with E-state index in [-0.39, 0.29) is 17.2 Å². The molecule has 0 saturated carbocycles. The number of aromatic nitrogens is 2. The first-order valence-electron chi connectivity index (χ1n) is 6.73. The van der Waals surface area contributed by atoms with Gasteiger partial charge in [-0.05, 0) is 43.8 Å². The van der Waals surface area contributed by atoms with Gasteiger partial charge in [-0.25, -0.2) is 4.98 Å². The third kappa shape index (κ3) is 2.94. The Hall–Kier alpha value is -2.41. The molecular formula is C15H14N4O2S. The minimum absolute atomic E-state index is 0.0366. The van der Waals surface area contributed by atoms with Crippen molar-refractivity contribution in [2.75, 3.05) is 0 Å². The molecule has 2 aromatic rings. The Morgan fingerprint density at radius 1 is 1.32 bits per heavy atom. The molecule has 2 N–H and O–H groups in total. The van der Waals surface area contributed by atoms with E-state index in [0.717, 1.165) is 17.3 Å². The van der Waals surface area contributed by atoms with Crippen molar-refractivity contribution < 1.29 is 9.53 Å². The predicted octanol–water partition coefficient (Wildman–Crippen LogP) is 2.35. The van der Waals surface area contributed by atoms with Gasteiger partial charge < -0.3 is 10.5 Å². The number of ether oxygens (including phenoxy) is 1. The molecule has 0 atom stereocenters. The van der Waals surface area contributed by atoms with E-state index in [1.54, 1.807) is 24.4 Å². The summed E-state index contributed by atoms with van der Waals surface area (Å²) in [6.07, 6.45) is 3.39. The molecule has 0 radical (unpaired) electrons. The summed E-state index contributed by atoms with van der Waals surface area (Å²) in [5.74, 6) is 0.329. The number of rotatable bonds is 3. The van der Waals surface area contributed by atoms with E-state index in [4.69, 9.17) is 10.5 Å². The molecule has 1 aliphatic heterocycles. The zero-order valence-electron chi connectivity index (χ0n) is 12.1. The molecule has 3 rings (SSSR count). The van der Waals surface area contributed by atoms with Crippen molar-refractivity contribution in [2.45, 2.75) is 20.0 Å². The maximum atomic E-state index is 11.6. The SMILES string of the molecule is CC(C)Oc1ccnc2ccc(/C=C3/SC(N)=NC3=O)nc12. The highest BCUT2D eigenvalue weighted by Gasteiger charge is 2.19. The van der Waals surface area contributed by atoms with Crippen molar-refractivity contribution in [3.05, 3.63) is 35.0 Å². The van der Waals surface area contributed by atoms with E-state index in [1.807, 2.05) is 19.9 Å². The molecule has 3 heterocycles. The predicted molar refractivity (Wildman–Crippen MR) is 87.5 cm³/mol. The first-order chi connectivity index (χ1) is 10.5. The van der Waals surface area contributed by atoms with Crippen molar-refractivity contribution in [2.24, 2.45) is 10.7 Å². The zero-order valence-corrected chi connectivity index (χ0v) is 12.9. The maximum Gasteiger partial charge on any atom is 0.286 e. The van der Waals surface area contributed by atoms with Gasteiger partial charge in [-0.1, -0.05) is 0 Å². The number of thioether (sulfide) groups is 1. The minimum Gasteiger partial charge on any atom is -0.489 e. The van der Waals surface area contributed by atoms with E-state index in [2.05, 4.69) is 15.0 Å². The quantitative estimate of drug-likeness (QED) is 0.875. The normalized spacial score (nSPS) is 16.6. The van der Waals surface area contributed by atoms with Gasteiger partial charge in [-0.3, -0.25) is 9.78 Å². The van der Waals surface area contributed by atoms with Crippen molar-refractivity contribution in [3.8, 4) is 5.75 Å². The molecule has 2 aromatic heterocycles. The van der Waals surface area contributed by atoms with Crippen molar-refractivity contribution in [1.82, 2.24) is 9.97 Å². The lowest BCUT2D eigenvalue weighted by molar-refractivity contribution is -0.113. The van der Waals surface area contributed by atoms with Crippen LogP contribution in [0.25, 0.3) is 17.1 Å². The smallest absolute Gasteiger partial charge is 0.286 e. The summed E-state index contributed by atoms with van der Waals surface area (Å²) in [6, 6.07) is 5.42. The number of nitrogens with two attached hydrogens (primary N) is 1. The number of carbonyl (C=O) groups excluding carboxylic acids is 1. The van der Waals surface area contributed by atoms with E-state index >= 15 is 0 Å². The molecule has 0 aliphatic carbocycles. The van der Waals surface area contributed by atoms with Crippen LogP contribution in [0, 0.1) is 0 Å². The number of hydrogen-bond acceptors (Lipinski definition) is 6. The van der Waals surface area contributed by atoms with Crippen LogP contribution in [0.2, 0.25) is 0 Å². The topological polar surface area (TPSA) is 90.5 Å². The standard InChI is InChI=1S/C15H14N4O2S/c1-8(2)21-11-5-6-17-10-4-3-9(18-13(10)11)7-12-14(20)19-15(16)22-12/h3-8H,1-2H3,(H2,16,19,20)/b12-7+. The number of hydrogen-bond donors (Lipinski definition) is 1. The number of pyridine rings is 2. The van der Waals surface area contributed by atoms with E-state index in [0.29, 0.717) is 21.9 Å². The highest BCUT2D eigenvalue weighted by molar-refractivity contribution is 8.18. The molecule has 0 unspecified atom stereocenters. The summed E-state index contributed by atoms with van der Waals surface area (Å²) in [6.45, 7) is 3.90. The number of aliphatic imine (C=N–C) groups is 1. The van der Waals surface area contributed by atoms with Gasteiger partial charge >= 0.3 is 0 Å². The van der Waals surface area contributed by atoms with Crippen LogP contribution in [0.5, 0.6) is 5.75 Å². The first kappa shape index (κ1) is 14.5. The van der Waals surface area contributed by atoms with Crippen LogP contribution >= 0.6 is 11.8 Å². The monoisotopic (exact) mass is 314 g/mol. The summed E-state index contributed by atoms with van der Waals surface area (Å²) in [5, 5.41) is 0.252. The molecule has 22 heavy (non-hydrogen) atoms. The Morgan fingerprint density at radius 2 is 2.14 bits per heavy atom. The minimum atomic E-state index is -0.339. The van der Waals surface area contributed by atoms with Gasteiger partial charge in [0.2, 0.25) is 0 Å². The number of fused-ring (bicyclic) bond motifs is 1. The fourth-order valence-corrected chi connectivity index (χ4v) is 2.67. The molecule has 112 valence electrons. The average Bonchev–Trinajstić information content (AvgIpc) is 2.77. The Labute approximate surface area is 131 Å². The summed E-state index contributed by atoms with van der Waals surface area (Å²) in [5.41, 5.74) is 7.57. The molecule has 0 spiro atoms. The number of amides is 1. The highest BCUT2D eigenvalue weighted by Crippen LogP contribution is 2.28. The van der Waals surface area contributed by atoms with Gasteiger partial charge in [0.1, 0.15) is 11.3 Å². The zero-order chi connectivity index (χ0) is 15.7. The summed E-state index contributed by atoms with van der Waals surface area (Å²) < 4.78 is 5.75. The van der Waals surface area contributed by atoms with Crippen molar-refractivity contribution >= 4 is 39.9 Å². The molecular weight excluding hydrogens is 300 g/mol. The Balaban J connectivity index is 2.02. The van der Waals surface area contributed by atoms with Gasteiger partial charge in [0.25, 0.3) is 5.91 Å². The van der Waals surface area contributed by atoms with Gasteiger partial charge in [0, 0.05) is 12.3 Å². The lowest BCUT2D eigenvalue weighted by atomic mass is 10.2. The van der Waals surface area contributed by atoms with Crippen LogP contribution in [0.4, 0.5) is 0 Å². The average molecular weight is 314 g/mol.